The van der Waals surface area contributed by atoms with Crippen LogP contribution < -0.4 is 5.32 Å². The van der Waals surface area contributed by atoms with Crippen molar-refractivity contribution in [2.75, 3.05) is 20.6 Å². The minimum absolute atomic E-state index is 0.00654. The van der Waals surface area contributed by atoms with Gasteiger partial charge in [-0.3, -0.25) is 14.9 Å². The third kappa shape index (κ3) is 2.96. The second-order valence-electron chi connectivity index (χ2n) is 8.76. The van der Waals surface area contributed by atoms with Crippen molar-refractivity contribution in [3.63, 3.8) is 0 Å². The summed E-state index contributed by atoms with van der Waals surface area (Å²) in [5, 5.41) is 3.75. The van der Waals surface area contributed by atoms with Gasteiger partial charge in [-0.2, -0.15) is 0 Å². The van der Waals surface area contributed by atoms with Crippen molar-refractivity contribution in [2.24, 2.45) is 5.92 Å². The summed E-state index contributed by atoms with van der Waals surface area (Å²) in [5.41, 5.74) is 4.58. The van der Waals surface area contributed by atoms with Crippen LogP contribution in [0.5, 0.6) is 0 Å². The van der Waals surface area contributed by atoms with Gasteiger partial charge in [0.05, 0.1) is 11.8 Å². The molecule has 2 heterocycles. The molecule has 5 rings (SSSR count). The number of para-hydroxylation sites is 1. The number of aromatic nitrogens is 1. The fraction of sp³-hybridized carbons (Fsp3) is 0.360. The molecular weight excluding hydrogens is 374 g/mol. The van der Waals surface area contributed by atoms with Gasteiger partial charge in [-0.1, -0.05) is 48.5 Å². The third-order valence-corrected chi connectivity index (χ3v) is 6.69. The van der Waals surface area contributed by atoms with Crippen LogP contribution in [0.3, 0.4) is 0 Å². The molecule has 2 amide bonds. The molecule has 1 fully saturated rings. The predicted molar refractivity (Wildman–Crippen MR) is 117 cm³/mol. The average molecular weight is 402 g/mol. The number of fused-ring (bicyclic) bond motifs is 5. The first kappa shape index (κ1) is 19.1. The molecule has 154 valence electrons. The van der Waals surface area contributed by atoms with E-state index in [0.717, 1.165) is 42.4 Å². The number of nitrogens with zero attached hydrogens (tertiary/aromatic N) is 2. The van der Waals surface area contributed by atoms with Crippen molar-refractivity contribution < 1.29 is 9.59 Å². The molecule has 0 saturated carbocycles. The molecule has 1 N–H and O–H groups in total. The number of nitrogens with one attached hydrogen (secondary N) is 1. The minimum atomic E-state index is -0.411. The average Bonchev–Trinajstić information content (AvgIpc) is 3.22. The lowest BCUT2D eigenvalue weighted by Crippen LogP contribution is -2.31. The molecule has 5 heteroatoms. The molecule has 2 aromatic carbocycles. The van der Waals surface area contributed by atoms with Gasteiger partial charge in [0.2, 0.25) is 11.8 Å². The highest BCUT2D eigenvalue weighted by molar-refractivity contribution is 6.10. The number of aryl methyl sites for hydroxylation is 1. The zero-order valence-electron chi connectivity index (χ0n) is 17.5. The van der Waals surface area contributed by atoms with E-state index in [-0.39, 0.29) is 23.7 Å². The zero-order chi connectivity index (χ0) is 20.8. The standard InChI is InChI=1S/C25H27N3O2/c1-27(2)13-8-14-28-19-12-7-6-11-17(19)21-20(28)15-18(16-9-4-3-5-10-16)22-23(21)25(30)26-24(22)29/h3-7,9-12,18,22-23H,8,13-15H2,1-2H3,(H,26,29,30). The highest BCUT2D eigenvalue weighted by Crippen LogP contribution is 2.50. The number of hydrogen-bond acceptors (Lipinski definition) is 3. The van der Waals surface area contributed by atoms with E-state index in [2.05, 4.69) is 59.2 Å². The Bertz CT molecular complexity index is 1120. The van der Waals surface area contributed by atoms with E-state index in [4.69, 9.17) is 0 Å². The zero-order valence-corrected chi connectivity index (χ0v) is 17.5. The lowest BCUT2D eigenvalue weighted by molar-refractivity contribution is -0.126. The van der Waals surface area contributed by atoms with Crippen LogP contribution in [0.1, 0.15) is 35.1 Å². The van der Waals surface area contributed by atoms with Crippen LogP contribution in [0.4, 0.5) is 0 Å². The van der Waals surface area contributed by atoms with Crippen molar-refractivity contribution >= 4 is 22.7 Å². The van der Waals surface area contributed by atoms with E-state index in [1.807, 2.05) is 24.3 Å². The molecule has 0 radical (unpaired) electrons. The molecular formula is C25H27N3O2. The Labute approximate surface area is 176 Å². The van der Waals surface area contributed by atoms with Gasteiger partial charge in [0.25, 0.3) is 0 Å². The second-order valence-corrected chi connectivity index (χ2v) is 8.76. The molecule has 1 aliphatic carbocycles. The Kier molecular flexibility index (Phi) is 4.70. The van der Waals surface area contributed by atoms with Crippen molar-refractivity contribution in [2.45, 2.75) is 31.2 Å². The molecule has 3 aromatic rings. The third-order valence-electron chi connectivity index (χ3n) is 6.69. The number of benzene rings is 2. The lowest BCUT2D eigenvalue weighted by Gasteiger charge is -2.32. The first-order valence-electron chi connectivity index (χ1n) is 10.7. The van der Waals surface area contributed by atoms with E-state index in [9.17, 15) is 9.59 Å². The van der Waals surface area contributed by atoms with Gasteiger partial charge < -0.3 is 9.47 Å². The molecule has 1 aromatic heterocycles. The monoisotopic (exact) mass is 401 g/mol. The van der Waals surface area contributed by atoms with Gasteiger partial charge in [-0.05, 0) is 50.7 Å². The Morgan fingerprint density at radius 1 is 1.00 bits per heavy atom. The summed E-state index contributed by atoms with van der Waals surface area (Å²) >= 11 is 0. The van der Waals surface area contributed by atoms with Crippen LogP contribution in [-0.4, -0.2) is 41.9 Å². The first-order valence-corrected chi connectivity index (χ1v) is 10.7. The number of carbonyl (C=O) groups excluding carboxylic acids is 2. The number of rotatable bonds is 5. The van der Waals surface area contributed by atoms with E-state index in [0.29, 0.717) is 0 Å². The maximum absolute atomic E-state index is 13.0. The summed E-state index contributed by atoms with van der Waals surface area (Å²) in [6.45, 7) is 1.91. The smallest absolute Gasteiger partial charge is 0.235 e. The fourth-order valence-electron chi connectivity index (χ4n) is 5.43. The van der Waals surface area contributed by atoms with Gasteiger partial charge in [-0.25, -0.2) is 0 Å². The maximum atomic E-state index is 13.0. The minimum Gasteiger partial charge on any atom is -0.344 e. The Morgan fingerprint density at radius 2 is 1.73 bits per heavy atom. The number of hydrogen-bond donors (Lipinski definition) is 1. The molecule has 1 saturated heterocycles. The molecule has 30 heavy (non-hydrogen) atoms. The van der Waals surface area contributed by atoms with E-state index < -0.39 is 5.92 Å². The van der Waals surface area contributed by atoms with Gasteiger partial charge in [0.1, 0.15) is 0 Å². The van der Waals surface area contributed by atoms with Crippen molar-refractivity contribution in [1.82, 2.24) is 14.8 Å². The van der Waals surface area contributed by atoms with Gasteiger partial charge in [0, 0.05) is 29.1 Å². The SMILES string of the molecule is CN(C)CCCn1c2c(c3ccccc31)C1C(=O)NC(=O)C1C(c1ccccc1)C2. The van der Waals surface area contributed by atoms with Crippen LogP contribution in [-0.2, 0) is 22.6 Å². The van der Waals surface area contributed by atoms with Crippen LogP contribution in [0.2, 0.25) is 0 Å². The molecule has 3 unspecified atom stereocenters. The van der Waals surface area contributed by atoms with E-state index in [1.165, 1.54) is 11.2 Å². The predicted octanol–water partition coefficient (Wildman–Crippen LogP) is 3.29. The Morgan fingerprint density at radius 3 is 2.50 bits per heavy atom. The first-order chi connectivity index (χ1) is 14.6. The number of carbonyl (C=O) groups is 2. The van der Waals surface area contributed by atoms with Crippen LogP contribution in [0.15, 0.2) is 54.6 Å². The topological polar surface area (TPSA) is 54.3 Å². The van der Waals surface area contributed by atoms with Gasteiger partial charge >= 0.3 is 0 Å². The Hall–Kier alpha value is -2.92. The highest BCUT2D eigenvalue weighted by Gasteiger charge is 2.52. The second kappa shape index (κ2) is 7.40. The normalized spacial score (nSPS) is 23.0. The molecule has 1 aliphatic heterocycles. The Balaban J connectivity index is 1.68. The van der Waals surface area contributed by atoms with Crippen LogP contribution >= 0.6 is 0 Å². The molecule has 0 spiro atoms. The van der Waals surface area contributed by atoms with Crippen LogP contribution in [0.25, 0.3) is 10.9 Å². The lowest BCUT2D eigenvalue weighted by atomic mass is 9.69. The fourth-order valence-corrected chi connectivity index (χ4v) is 5.43. The summed E-state index contributed by atoms with van der Waals surface area (Å²) < 4.78 is 2.40. The van der Waals surface area contributed by atoms with Crippen molar-refractivity contribution in [3.05, 3.63) is 71.4 Å². The molecule has 5 nitrogen and oxygen atoms in total. The van der Waals surface area contributed by atoms with Gasteiger partial charge in [-0.15, -0.1) is 0 Å². The highest BCUT2D eigenvalue weighted by atomic mass is 16.2. The van der Waals surface area contributed by atoms with Crippen molar-refractivity contribution in [1.29, 1.82) is 0 Å². The quantitative estimate of drug-likeness (QED) is 0.668. The van der Waals surface area contributed by atoms with Crippen molar-refractivity contribution in [3.8, 4) is 0 Å². The summed E-state index contributed by atoms with van der Waals surface area (Å²) in [4.78, 5) is 28.0. The van der Waals surface area contributed by atoms with E-state index >= 15 is 0 Å². The largest absolute Gasteiger partial charge is 0.344 e. The molecule has 2 aliphatic rings. The molecule has 0 bridgehead atoms. The number of amides is 2. The van der Waals surface area contributed by atoms with E-state index in [1.54, 1.807) is 0 Å². The summed E-state index contributed by atoms with van der Waals surface area (Å²) in [7, 11) is 4.18. The number of imide groups is 1. The summed E-state index contributed by atoms with van der Waals surface area (Å²) in [6.07, 6.45) is 1.81. The van der Waals surface area contributed by atoms with Gasteiger partial charge in [0.15, 0.2) is 0 Å². The summed E-state index contributed by atoms with van der Waals surface area (Å²) in [6, 6.07) is 18.5. The van der Waals surface area contributed by atoms with Crippen LogP contribution in [0, 0.1) is 5.92 Å². The maximum Gasteiger partial charge on any atom is 0.235 e. The molecule has 3 atom stereocenters. The summed E-state index contributed by atoms with van der Waals surface area (Å²) in [5.74, 6) is -1.02.